The van der Waals surface area contributed by atoms with Gasteiger partial charge in [0, 0.05) is 17.0 Å². The van der Waals surface area contributed by atoms with E-state index in [-0.39, 0.29) is 18.0 Å². The van der Waals surface area contributed by atoms with Crippen LogP contribution in [-0.2, 0) is 0 Å². The van der Waals surface area contributed by atoms with E-state index < -0.39 is 0 Å². The minimum absolute atomic E-state index is 0.0165. The van der Waals surface area contributed by atoms with Crippen molar-refractivity contribution >= 4 is 40.0 Å². The highest BCUT2D eigenvalue weighted by Crippen LogP contribution is 2.31. The fourth-order valence-electron chi connectivity index (χ4n) is 3.39. The lowest BCUT2D eigenvalue weighted by molar-refractivity contribution is 0.0936. The average Bonchev–Trinajstić information content (AvgIpc) is 3.27. The van der Waals surface area contributed by atoms with Gasteiger partial charge in [0.15, 0.2) is 5.65 Å². The Labute approximate surface area is 167 Å². The molecule has 0 unspecified atom stereocenters. The molecule has 0 atom stereocenters. The van der Waals surface area contributed by atoms with Crippen LogP contribution in [0.2, 0.25) is 0 Å². The van der Waals surface area contributed by atoms with Gasteiger partial charge < -0.3 is 5.32 Å². The number of carbonyl (C=O) groups is 1. The predicted molar refractivity (Wildman–Crippen MR) is 114 cm³/mol. The summed E-state index contributed by atoms with van der Waals surface area (Å²) in [5, 5.41) is 8.56. The largest absolute Gasteiger partial charge is 0.349 e. The molecule has 1 fully saturated rings. The van der Waals surface area contributed by atoms with Crippen LogP contribution in [-0.4, -0.2) is 38.2 Å². The van der Waals surface area contributed by atoms with E-state index in [9.17, 15) is 4.79 Å². The smallest absolute Gasteiger partial charge is 0.252 e. The SMILES string of the molecule is Cc1ccc(-c2cc(C(=O)NC3CCSCC3)c3cnn(C(C)C)c3n2)s1. The maximum Gasteiger partial charge on any atom is 0.252 e. The highest BCUT2D eigenvalue weighted by molar-refractivity contribution is 7.99. The average molecular weight is 401 g/mol. The molecule has 1 aliphatic rings. The molecule has 7 heteroatoms. The van der Waals surface area contributed by atoms with Crippen LogP contribution < -0.4 is 5.32 Å². The molecule has 0 spiro atoms. The third kappa shape index (κ3) is 3.75. The second kappa shape index (κ2) is 7.64. The summed E-state index contributed by atoms with van der Waals surface area (Å²) in [6, 6.07) is 6.53. The summed E-state index contributed by atoms with van der Waals surface area (Å²) in [6.45, 7) is 6.24. The summed E-state index contributed by atoms with van der Waals surface area (Å²) < 4.78 is 1.90. The standard InChI is InChI=1S/C20H24N4OS2/c1-12(2)24-19-16(11-21-24)15(20(25)22-14-6-8-26-9-7-14)10-17(23-19)18-5-4-13(3)27-18/h4-5,10-12,14H,6-9H2,1-3H3,(H,22,25). The van der Waals surface area contributed by atoms with Crippen molar-refractivity contribution in [2.75, 3.05) is 11.5 Å². The van der Waals surface area contributed by atoms with E-state index >= 15 is 0 Å². The van der Waals surface area contributed by atoms with Crippen molar-refractivity contribution in [1.29, 1.82) is 0 Å². The second-order valence-electron chi connectivity index (χ2n) is 7.25. The van der Waals surface area contributed by atoms with Gasteiger partial charge in [0.2, 0.25) is 0 Å². The molecule has 5 nitrogen and oxygen atoms in total. The molecule has 0 aromatic carbocycles. The lowest BCUT2D eigenvalue weighted by Gasteiger charge is -2.22. The monoisotopic (exact) mass is 400 g/mol. The zero-order valence-corrected chi connectivity index (χ0v) is 17.5. The van der Waals surface area contributed by atoms with Gasteiger partial charge >= 0.3 is 0 Å². The molecule has 1 aliphatic heterocycles. The van der Waals surface area contributed by atoms with Crippen LogP contribution in [0.3, 0.4) is 0 Å². The first-order chi connectivity index (χ1) is 13.0. The van der Waals surface area contributed by atoms with Crippen LogP contribution >= 0.6 is 23.1 Å². The number of fused-ring (bicyclic) bond motifs is 1. The van der Waals surface area contributed by atoms with Crippen LogP contribution in [0, 0.1) is 6.92 Å². The Kier molecular flexibility index (Phi) is 5.23. The normalized spacial score (nSPS) is 15.6. The Balaban J connectivity index is 1.78. The van der Waals surface area contributed by atoms with Crippen molar-refractivity contribution in [2.45, 2.75) is 45.7 Å². The van der Waals surface area contributed by atoms with Gasteiger partial charge in [0.25, 0.3) is 5.91 Å². The van der Waals surface area contributed by atoms with Crippen molar-refractivity contribution in [3.05, 3.63) is 34.8 Å². The van der Waals surface area contributed by atoms with Gasteiger partial charge in [-0.3, -0.25) is 4.79 Å². The number of carbonyl (C=O) groups excluding carboxylic acids is 1. The molecule has 1 amide bonds. The zero-order valence-electron chi connectivity index (χ0n) is 15.9. The number of aromatic nitrogens is 3. The number of amides is 1. The van der Waals surface area contributed by atoms with E-state index in [1.165, 1.54) is 4.88 Å². The van der Waals surface area contributed by atoms with Crippen LogP contribution in [0.4, 0.5) is 0 Å². The predicted octanol–water partition coefficient (Wildman–Crippen LogP) is 4.67. The van der Waals surface area contributed by atoms with Crippen LogP contribution in [0.15, 0.2) is 24.4 Å². The number of hydrogen-bond donors (Lipinski definition) is 1. The first kappa shape index (κ1) is 18.5. The number of thiophene rings is 1. The number of thioether (sulfide) groups is 1. The van der Waals surface area contributed by atoms with Gasteiger partial charge in [0.1, 0.15) is 0 Å². The minimum atomic E-state index is -0.0165. The summed E-state index contributed by atoms with van der Waals surface area (Å²) in [4.78, 5) is 20.3. The highest BCUT2D eigenvalue weighted by Gasteiger charge is 2.22. The van der Waals surface area contributed by atoms with Crippen molar-refractivity contribution in [3.8, 4) is 10.6 Å². The third-order valence-electron chi connectivity index (χ3n) is 4.85. The number of nitrogens with one attached hydrogen (secondary N) is 1. The van der Waals surface area contributed by atoms with Gasteiger partial charge in [-0.15, -0.1) is 11.3 Å². The first-order valence-corrected chi connectivity index (χ1v) is 11.3. The highest BCUT2D eigenvalue weighted by atomic mass is 32.2. The van der Waals surface area contributed by atoms with Gasteiger partial charge in [-0.1, -0.05) is 0 Å². The van der Waals surface area contributed by atoms with Gasteiger partial charge in [-0.05, 0) is 63.3 Å². The first-order valence-electron chi connectivity index (χ1n) is 9.36. The third-order valence-corrected chi connectivity index (χ3v) is 6.92. The Morgan fingerprint density at radius 3 is 2.74 bits per heavy atom. The van der Waals surface area contributed by atoms with Crippen molar-refractivity contribution in [2.24, 2.45) is 0 Å². The minimum Gasteiger partial charge on any atom is -0.349 e. The number of hydrogen-bond acceptors (Lipinski definition) is 5. The number of pyridine rings is 1. The summed E-state index contributed by atoms with van der Waals surface area (Å²) in [5.74, 6) is 2.21. The summed E-state index contributed by atoms with van der Waals surface area (Å²) in [6.07, 6.45) is 3.84. The summed E-state index contributed by atoms with van der Waals surface area (Å²) >= 11 is 3.66. The molecule has 1 saturated heterocycles. The molecule has 4 heterocycles. The molecular formula is C20H24N4OS2. The zero-order chi connectivity index (χ0) is 19.0. The van der Waals surface area contributed by atoms with E-state index in [1.54, 1.807) is 17.5 Å². The van der Waals surface area contributed by atoms with Crippen molar-refractivity contribution in [3.63, 3.8) is 0 Å². The maximum atomic E-state index is 13.1. The van der Waals surface area contributed by atoms with E-state index in [2.05, 4.69) is 43.3 Å². The van der Waals surface area contributed by atoms with E-state index in [4.69, 9.17) is 4.98 Å². The molecule has 0 saturated carbocycles. The Morgan fingerprint density at radius 1 is 1.30 bits per heavy atom. The van der Waals surface area contributed by atoms with Gasteiger partial charge in [0.05, 0.1) is 27.7 Å². The Bertz CT molecular complexity index is 970. The van der Waals surface area contributed by atoms with E-state index in [1.807, 2.05) is 22.5 Å². The maximum absolute atomic E-state index is 13.1. The van der Waals surface area contributed by atoms with E-state index in [0.717, 1.165) is 46.0 Å². The molecule has 3 aromatic heterocycles. The molecule has 0 aliphatic carbocycles. The van der Waals surface area contributed by atoms with Gasteiger partial charge in [-0.25, -0.2) is 9.67 Å². The molecule has 4 rings (SSSR count). The number of nitrogens with zero attached hydrogens (tertiary/aromatic N) is 3. The molecule has 1 N–H and O–H groups in total. The second-order valence-corrected chi connectivity index (χ2v) is 9.76. The van der Waals surface area contributed by atoms with Gasteiger partial charge in [-0.2, -0.15) is 16.9 Å². The molecule has 27 heavy (non-hydrogen) atoms. The summed E-state index contributed by atoms with van der Waals surface area (Å²) in [7, 11) is 0. The Morgan fingerprint density at radius 2 is 2.07 bits per heavy atom. The molecule has 3 aromatic rings. The van der Waals surface area contributed by atoms with Crippen LogP contribution in [0.1, 0.15) is 48.0 Å². The van der Waals surface area contributed by atoms with E-state index in [0.29, 0.717) is 5.56 Å². The summed E-state index contributed by atoms with van der Waals surface area (Å²) in [5.41, 5.74) is 2.29. The molecule has 0 bridgehead atoms. The fourth-order valence-corrected chi connectivity index (χ4v) is 5.32. The lowest BCUT2D eigenvalue weighted by Crippen LogP contribution is -2.37. The molecular weight excluding hydrogens is 376 g/mol. The number of aryl methyl sites for hydroxylation is 1. The van der Waals surface area contributed by atoms with Crippen molar-refractivity contribution < 1.29 is 4.79 Å². The molecule has 0 radical (unpaired) electrons. The lowest BCUT2D eigenvalue weighted by atomic mass is 10.1. The van der Waals surface area contributed by atoms with Crippen molar-refractivity contribution in [1.82, 2.24) is 20.1 Å². The topological polar surface area (TPSA) is 59.8 Å². The quantitative estimate of drug-likeness (QED) is 0.691. The molecule has 142 valence electrons. The van der Waals surface area contributed by atoms with Crippen LogP contribution in [0.25, 0.3) is 21.6 Å². The Hall–Kier alpha value is -1.86. The van der Waals surface area contributed by atoms with Crippen LogP contribution in [0.5, 0.6) is 0 Å². The number of rotatable bonds is 4. The fraction of sp³-hybridized carbons (Fsp3) is 0.450.